The lowest BCUT2D eigenvalue weighted by atomic mass is 9.71. The minimum absolute atomic E-state index is 0. The van der Waals surface area contributed by atoms with E-state index in [0.29, 0.717) is 0 Å². The predicted molar refractivity (Wildman–Crippen MR) is 57.8 cm³/mol. The summed E-state index contributed by atoms with van der Waals surface area (Å²) < 4.78 is 4.75. The molecule has 15 heavy (non-hydrogen) atoms. The van der Waals surface area contributed by atoms with Crippen LogP contribution in [0.2, 0.25) is 0 Å². The third kappa shape index (κ3) is 2.44. The molecule has 1 aliphatic carbocycles. The smallest absolute Gasteiger partial charge is 0.308 e. The van der Waals surface area contributed by atoms with Crippen molar-refractivity contribution in [3.8, 4) is 0 Å². The first-order valence-corrected chi connectivity index (χ1v) is 5.19. The SMILES string of the molecule is COC(=O)C1CC2CNCC(C1)C2O.Cl. The Kier molecular flexibility index (Phi) is 4.37. The first-order chi connectivity index (χ1) is 6.72. The zero-order valence-corrected chi connectivity index (χ0v) is 9.63. The van der Waals surface area contributed by atoms with Gasteiger partial charge in [0.15, 0.2) is 0 Å². The Morgan fingerprint density at radius 1 is 1.33 bits per heavy atom. The summed E-state index contributed by atoms with van der Waals surface area (Å²) in [4.78, 5) is 11.4. The highest BCUT2D eigenvalue weighted by Gasteiger charge is 2.41. The summed E-state index contributed by atoms with van der Waals surface area (Å²) in [5, 5.41) is 13.2. The molecule has 0 aromatic carbocycles. The summed E-state index contributed by atoms with van der Waals surface area (Å²) in [5.41, 5.74) is 0. The highest BCUT2D eigenvalue weighted by atomic mass is 35.5. The van der Waals surface area contributed by atoms with Gasteiger partial charge in [-0.15, -0.1) is 12.4 Å². The number of nitrogens with one attached hydrogen (secondary N) is 1. The molecule has 0 spiro atoms. The summed E-state index contributed by atoms with van der Waals surface area (Å²) >= 11 is 0. The molecule has 1 saturated carbocycles. The number of halogens is 1. The first-order valence-electron chi connectivity index (χ1n) is 5.19. The lowest BCUT2D eigenvalue weighted by molar-refractivity contribution is -0.150. The summed E-state index contributed by atoms with van der Waals surface area (Å²) in [7, 11) is 1.43. The van der Waals surface area contributed by atoms with Gasteiger partial charge in [-0.2, -0.15) is 0 Å². The van der Waals surface area contributed by atoms with E-state index in [1.54, 1.807) is 0 Å². The minimum Gasteiger partial charge on any atom is -0.469 e. The van der Waals surface area contributed by atoms with E-state index in [1.807, 2.05) is 0 Å². The van der Waals surface area contributed by atoms with Crippen LogP contribution < -0.4 is 5.32 Å². The van der Waals surface area contributed by atoms with Crippen LogP contribution in [0.25, 0.3) is 0 Å². The van der Waals surface area contributed by atoms with Crippen LogP contribution in [0.4, 0.5) is 0 Å². The summed E-state index contributed by atoms with van der Waals surface area (Å²) in [6.45, 7) is 1.65. The maximum absolute atomic E-state index is 11.4. The number of carbonyl (C=O) groups is 1. The number of rotatable bonds is 1. The Labute approximate surface area is 95.8 Å². The van der Waals surface area contributed by atoms with Gasteiger partial charge in [-0.25, -0.2) is 0 Å². The second-order valence-electron chi connectivity index (χ2n) is 4.36. The normalized spacial score (nSPS) is 39.1. The molecule has 1 heterocycles. The summed E-state index contributed by atoms with van der Waals surface area (Å²) in [5.74, 6) is 0.340. The molecule has 2 atom stereocenters. The van der Waals surface area contributed by atoms with Crippen LogP contribution in [0.15, 0.2) is 0 Å². The molecule has 2 N–H and O–H groups in total. The van der Waals surface area contributed by atoms with Crippen LogP contribution in [-0.4, -0.2) is 37.4 Å². The van der Waals surface area contributed by atoms with Gasteiger partial charge < -0.3 is 15.2 Å². The third-order valence-corrected chi connectivity index (χ3v) is 3.49. The number of aliphatic hydroxyl groups is 1. The van der Waals surface area contributed by atoms with Gasteiger partial charge in [0.1, 0.15) is 0 Å². The molecule has 0 radical (unpaired) electrons. The van der Waals surface area contributed by atoms with Crippen LogP contribution in [0.5, 0.6) is 0 Å². The average Bonchev–Trinajstić information content (AvgIpc) is 2.16. The van der Waals surface area contributed by atoms with Gasteiger partial charge in [0.2, 0.25) is 0 Å². The molecule has 2 rings (SSSR count). The van der Waals surface area contributed by atoms with Crippen molar-refractivity contribution in [2.45, 2.75) is 18.9 Å². The number of hydrogen-bond acceptors (Lipinski definition) is 4. The molecule has 1 aliphatic heterocycles. The number of methoxy groups -OCH3 is 1. The second-order valence-corrected chi connectivity index (χ2v) is 4.36. The maximum Gasteiger partial charge on any atom is 0.308 e. The van der Waals surface area contributed by atoms with Gasteiger partial charge >= 0.3 is 5.97 Å². The van der Waals surface area contributed by atoms with E-state index in [0.717, 1.165) is 25.9 Å². The predicted octanol–water partition coefficient (Wildman–Crippen LogP) is 0.188. The number of carbonyl (C=O) groups excluding carboxylic acids is 1. The van der Waals surface area contributed by atoms with Crippen LogP contribution in [0.3, 0.4) is 0 Å². The van der Waals surface area contributed by atoms with Crippen LogP contribution in [-0.2, 0) is 9.53 Å². The Balaban J connectivity index is 0.00000112. The van der Waals surface area contributed by atoms with E-state index in [2.05, 4.69) is 5.32 Å². The van der Waals surface area contributed by atoms with E-state index in [9.17, 15) is 9.90 Å². The van der Waals surface area contributed by atoms with Crippen molar-refractivity contribution >= 4 is 18.4 Å². The van der Waals surface area contributed by atoms with Crippen molar-refractivity contribution in [3.05, 3.63) is 0 Å². The lowest BCUT2D eigenvalue weighted by Gasteiger charge is -2.42. The molecule has 5 heteroatoms. The first kappa shape index (κ1) is 12.7. The monoisotopic (exact) mass is 235 g/mol. The van der Waals surface area contributed by atoms with Gasteiger partial charge in [-0.3, -0.25) is 4.79 Å². The quantitative estimate of drug-likeness (QED) is 0.637. The standard InChI is InChI=1S/C10H17NO3.ClH/c1-14-10(13)6-2-7-4-11-5-8(3-6)9(7)12;/h6-9,11-12H,2-5H2,1H3;1H. The second kappa shape index (κ2) is 5.14. The molecular formula is C10H18ClNO3. The number of piperidine rings is 1. The number of fused-ring (bicyclic) bond motifs is 2. The molecule has 4 nitrogen and oxygen atoms in total. The van der Waals surface area contributed by atoms with E-state index in [1.165, 1.54) is 7.11 Å². The number of aliphatic hydroxyl groups excluding tert-OH is 1. The summed E-state index contributed by atoms with van der Waals surface area (Å²) in [6, 6.07) is 0. The van der Waals surface area contributed by atoms with Crippen LogP contribution in [0.1, 0.15) is 12.8 Å². The minimum atomic E-state index is -0.225. The van der Waals surface area contributed by atoms with Crippen molar-refractivity contribution in [3.63, 3.8) is 0 Å². The van der Waals surface area contributed by atoms with Gasteiger partial charge in [-0.05, 0) is 24.7 Å². The fraction of sp³-hybridized carbons (Fsp3) is 0.900. The lowest BCUT2D eigenvalue weighted by Crippen LogP contribution is -2.52. The van der Waals surface area contributed by atoms with E-state index >= 15 is 0 Å². The Bertz CT molecular complexity index is 223. The molecule has 2 fully saturated rings. The third-order valence-electron chi connectivity index (χ3n) is 3.49. The number of esters is 1. The zero-order chi connectivity index (χ0) is 10.1. The van der Waals surface area contributed by atoms with Gasteiger partial charge in [0.05, 0.1) is 19.1 Å². The fourth-order valence-electron chi connectivity index (χ4n) is 2.71. The average molecular weight is 236 g/mol. The number of ether oxygens (including phenoxy) is 1. The summed E-state index contributed by atoms with van der Waals surface area (Å²) in [6.07, 6.45) is 1.30. The Hall–Kier alpha value is -0.320. The molecule has 1 saturated heterocycles. The van der Waals surface area contributed by atoms with Gasteiger partial charge in [0.25, 0.3) is 0 Å². The zero-order valence-electron chi connectivity index (χ0n) is 8.81. The molecular weight excluding hydrogens is 218 g/mol. The molecule has 0 aromatic heterocycles. The highest BCUT2D eigenvalue weighted by Crippen LogP contribution is 2.36. The molecule has 0 amide bonds. The molecule has 2 aliphatic rings. The van der Waals surface area contributed by atoms with E-state index < -0.39 is 0 Å². The molecule has 0 aromatic rings. The highest BCUT2D eigenvalue weighted by molar-refractivity contribution is 5.85. The van der Waals surface area contributed by atoms with Gasteiger partial charge in [0, 0.05) is 13.1 Å². The number of hydrogen-bond donors (Lipinski definition) is 2. The van der Waals surface area contributed by atoms with E-state index in [4.69, 9.17) is 4.74 Å². The fourth-order valence-corrected chi connectivity index (χ4v) is 2.71. The van der Waals surface area contributed by atoms with Crippen molar-refractivity contribution < 1.29 is 14.6 Å². The topological polar surface area (TPSA) is 58.6 Å². The molecule has 2 unspecified atom stereocenters. The van der Waals surface area contributed by atoms with E-state index in [-0.39, 0.29) is 42.2 Å². The van der Waals surface area contributed by atoms with Crippen LogP contribution >= 0.6 is 12.4 Å². The largest absolute Gasteiger partial charge is 0.469 e. The Morgan fingerprint density at radius 2 is 1.87 bits per heavy atom. The Morgan fingerprint density at radius 3 is 2.33 bits per heavy atom. The van der Waals surface area contributed by atoms with Crippen molar-refractivity contribution in [2.24, 2.45) is 17.8 Å². The maximum atomic E-state index is 11.4. The van der Waals surface area contributed by atoms with Crippen molar-refractivity contribution in [1.82, 2.24) is 5.32 Å². The van der Waals surface area contributed by atoms with Crippen LogP contribution in [0, 0.1) is 17.8 Å². The van der Waals surface area contributed by atoms with Gasteiger partial charge in [-0.1, -0.05) is 0 Å². The van der Waals surface area contributed by atoms with Crippen molar-refractivity contribution in [2.75, 3.05) is 20.2 Å². The molecule has 2 bridgehead atoms. The molecule has 88 valence electrons. The van der Waals surface area contributed by atoms with Crippen molar-refractivity contribution in [1.29, 1.82) is 0 Å².